The van der Waals surface area contributed by atoms with Crippen LogP contribution in [0.5, 0.6) is 0 Å². The van der Waals surface area contributed by atoms with E-state index in [0.717, 1.165) is 25.7 Å². The maximum Gasteiger partial charge on any atom is 0.0589 e. The molecule has 0 aliphatic heterocycles. The number of ether oxygens (including phenoxy) is 1. The van der Waals surface area contributed by atoms with Crippen LogP contribution in [0.3, 0.4) is 0 Å². The molecule has 0 aromatic rings. The third-order valence-electron chi connectivity index (χ3n) is 3.85. The highest BCUT2D eigenvalue weighted by atomic mass is 16.5. The van der Waals surface area contributed by atoms with Crippen LogP contribution >= 0.6 is 0 Å². The lowest BCUT2D eigenvalue weighted by atomic mass is 9.84. The zero-order valence-corrected chi connectivity index (χ0v) is 13.0. The van der Waals surface area contributed by atoms with Gasteiger partial charge in [0.2, 0.25) is 0 Å². The van der Waals surface area contributed by atoms with Crippen LogP contribution in [-0.2, 0) is 4.74 Å². The van der Waals surface area contributed by atoms with Crippen molar-refractivity contribution in [1.29, 1.82) is 0 Å². The molecule has 1 saturated carbocycles. The zero-order chi connectivity index (χ0) is 13.6. The molecule has 0 spiro atoms. The molecule has 1 aliphatic rings. The Hall–Kier alpha value is -0.120. The van der Waals surface area contributed by atoms with Gasteiger partial charge in [0.25, 0.3) is 0 Å². The van der Waals surface area contributed by atoms with E-state index in [-0.39, 0.29) is 0 Å². The topological polar surface area (TPSA) is 24.5 Å². The largest absolute Gasteiger partial charge is 0.383 e. The molecule has 0 aromatic heterocycles. The summed E-state index contributed by atoms with van der Waals surface area (Å²) < 4.78 is 5.21. The standard InChI is InChI=1S/C15H32N2O/c1-6-16-14(15(2,3)4)9-10-17(11-12-18-5)13-7-8-13/h13-14,16H,6-12H2,1-5H3. The predicted molar refractivity (Wildman–Crippen MR) is 78.0 cm³/mol. The minimum atomic E-state index is 0.340. The highest BCUT2D eigenvalue weighted by molar-refractivity contribution is 4.87. The first-order valence-corrected chi connectivity index (χ1v) is 7.45. The number of methoxy groups -OCH3 is 1. The van der Waals surface area contributed by atoms with Gasteiger partial charge in [-0.3, -0.25) is 4.90 Å². The van der Waals surface area contributed by atoms with E-state index in [2.05, 4.69) is 37.9 Å². The van der Waals surface area contributed by atoms with Crippen molar-refractivity contribution in [3.8, 4) is 0 Å². The lowest BCUT2D eigenvalue weighted by Crippen LogP contribution is -2.43. The normalized spacial score (nSPS) is 18.3. The summed E-state index contributed by atoms with van der Waals surface area (Å²) in [6.07, 6.45) is 3.99. The maximum absolute atomic E-state index is 5.21. The van der Waals surface area contributed by atoms with Crippen LogP contribution in [0, 0.1) is 5.41 Å². The number of rotatable bonds is 9. The first-order chi connectivity index (χ1) is 8.49. The van der Waals surface area contributed by atoms with Crippen LogP contribution in [0.2, 0.25) is 0 Å². The maximum atomic E-state index is 5.21. The molecule has 0 radical (unpaired) electrons. The van der Waals surface area contributed by atoms with E-state index in [4.69, 9.17) is 4.74 Å². The van der Waals surface area contributed by atoms with Gasteiger partial charge in [0, 0.05) is 32.3 Å². The van der Waals surface area contributed by atoms with Gasteiger partial charge in [0.05, 0.1) is 6.61 Å². The van der Waals surface area contributed by atoms with E-state index in [0.29, 0.717) is 11.5 Å². The summed E-state index contributed by atoms with van der Waals surface area (Å²) in [5.74, 6) is 0. The lowest BCUT2D eigenvalue weighted by Gasteiger charge is -2.33. The van der Waals surface area contributed by atoms with Gasteiger partial charge in [-0.15, -0.1) is 0 Å². The monoisotopic (exact) mass is 256 g/mol. The Labute approximate surface area is 113 Å². The van der Waals surface area contributed by atoms with Crippen LogP contribution in [0.25, 0.3) is 0 Å². The number of nitrogens with zero attached hydrogens (tertiary/aromatic N) is 1. The summed E-state index contributed by atoms with van der Waals surface area (Å²) in [5, 5.41) is 3.64. The summed E-state index contributed by atoms with van der Waals surface area (Å²) in [4.78, 5) is 2.61. The average Bonchev–Trinajstić information content (AvgIpc) is 3.10. The van der Waals surface area contributed by atoms with E-state index in [1.54, 1.807) is 7.11 Å². The van der Waals surface area contributed by atoms with Crippen molar-refractivity contribution in [3.05, 3.63) is 0 Å². The second-order valence-electron chi connectivity index (χ2n) is 6.52. The number of nitrogens with one attached hydrogen (secondary N) is 1. The third kappa shape index (κ3) is 5.68. The molecular weight excluding hydrogens is 224 g/mol. The van der Waals surface area contributed by atoms with Crippen LogP contribution in [0.15, 0.2) is 0 Å². The minimum absolute atomic E-state index is 0.340. The fraction of sp³-hybridized carbons (Fsp3) is 1.00. The highest BCUT2D eigenvalue weighted by Crippen LogP contribution is 2.28. The molecule has 0 amide bonds. The van der Waals surface area contributed by atoms with Crippen LogP contribution in [-0.4, -0.2) is 50.3 Å². The molecule has 0 saturated heterocycles. The van der Waals surface area contributed by atoms with Gasteiger partial charge >= 0.3 is 0 Å². The molecular formula is C15H32N2O. The summed E-state index contributed by atoms with van der Waals surface area (Å²) in [6, 6.07) is 1.44. The fourth-order valence-corrected chi connectivity index (χ4v) is 2.51. The molecule has 108 valence electrons. The molecule has 0 heterocycles. The molecule has 3 heteroatoms. The van der Waals surface area contributed by atoms with Crippen molar-refractivity contribution in [1.82, 2.24) is 10.2 Å². The third-order valence-corrected chi connectivity index (χ3v) is 3.85. The smallest absolute Gasteiger partial charge is 0.0589 e. The molecule has 1 aliphatic carbocycles. The molecule has 0 aromatic carbocycles. The Balaban J connectivity index is 2.38. The second-order valence-corrected chi connectivity index (χ2v) is 6.52. The summed E-state index contributed by atoms with van der Waals surface area (Å²) >= 11 is 0. The van der Waals surface area contributed by atoms with E-state index >= 15 is 0 Å². The van der Waals surface area contributed by atoms with Gasteiger partial charge in [-0.2, -0.15) is 0 Å². The van der Waals surface area contributed by atoms with Gasteiger partial charge in [-0.25, -0.2) is 0 Å². The SMILES string of the molecule is CCNC(CCN(CCOC)C1CC1)C(C)(C)C. The van der Waals surface area contributed by atoms with Crippen molar-refractivity contribution < 1.29 is 4.74 Å². The Morgan fingerprint density at radius 1 is 1.28 bits per heavy atom. The van der Waals surface area contributed by atoms with Gasteiger partial charge in [0.15, 0.2) is 0 Å². The summed E-state index contributed by atoms with van der Waals surface area (Å²) in [6.45, 7) is 13.4. The van der Waals surface area contributed by atoms with Crippen molar-refractivity contribution in [2.45, 2.75) is 59.0 Å². The van der Waals surface area contributed by atoms with E-state index < -0.39 is 0 Å². The van der Waals surface area contributed by atoms with Crippen LogP contribution in [0.4, 0.5) is 0 Å². The lowest BCUT2D eigenvalue weighted by molar-refractivity contribution is 0.133. The zero-order valence-electron chi connectivity index (χ0n) is 13.0. The highest BCUT2D eigenvalue weighted by Gasteiger charge is 2.30. The molecule has 18 heavy (non-hydrogen) atoms. The molecule has 1 atom stereocenters. The Morgan fingerprint density at radius 2 is 1.94 bits per heavy atom. The van der Waals surface area contributed by atoms with Crippen LogP contribution < -0.4 is 5.32 Å². The van der Waals surface area contributed by atoms with Crippen molar-refractivity contribution >= 4 is 0 Å². The first kappa shape index (κ1) is 15.9. The van der Waals surface area contributed by atoms with Crippen molar-refractivity contribution in [3.63, 3.8) is 0 Å². The van der Waals surface area contributed by atoms with Gasteiger partial charge < -0.3 is 10.1 Å². The summed E-state index contributed by atoms with van der Waals surface area (Å²) in [7, 11) is 1.79. The summed E-state index contributed by atoms with van der Waals surface area (Å²) in [5.41, 5.74) is 0.340. The van der Waals surface area contributed by atoms with E-state index in [1.165, 1.54) is 25.8 Å². The molecule has 3 nitrogen and oxygen atoms in total. The van der Waals surface area contributed by atoms with E-state index in [9.17, 15) is 0 Å². The fourth-order valence-electron chi connectivity index (χ4n) is 2.51. The van der Waals surface area contributed by atoms with Gasteiger partial charge in [-0.1, -0.05) is 27.7 Å². The van der Waals surface area contributed by atoms with Crippen molar-refractivity contribution in [2.75, 3.05) is 33.4 Å². The molecule has 1 N–H and O–H groups in total. The first-order valence-electron chi connectivity index (χ1n) is 7.45. The van der Waals surface area contributed by atoms with E-state index in [1.807, 2.05) is 0 Å². The minimum Gasteiger partial charge on any atom is -0.383 e. The molecule has 1 rings (SSSR count). The average molecular weight is 256 g/mol. The Kier molecular flexibility index (Phi) is 6.61. The Bertz CT molecular complexity index is 221. The quantitative estimate of drug-likeness (QED) is 0.686. The van der Waals surface area contributed by atoms with Crippen LogP contribution in [0.1, 0.15) is 47.0 Å². The number of hydrogen-bond acceptors (Lipinski definition) is 3. The molecule has 0 bridgehead atoms. The predicted octanol–water partition coefficient (Wildman–Crippen LogP) is 2.51. The van der Waals surface area contributed by atoms with Gasteiger partial charge in [0.1, 0.15) is 0 Å². The van der Waals surface area contributed by atoms with Crippen molar-refractivity contribution in [2.24, 2.45) is 5.41 Å². The number of hydrogen-bond donors (Lipinski definition) is 1. The molecule has 1 fully saturated rings. The Morgan fingerprint density at radius 3 is 2.39 bits per heavy atom. The molecule has 1 unspecified atom stereocenters. The second kappa shape index (κ2) is 7.46. The van der Waals surface area contributed by atoms with Gasteiger partial charge in [-0.05, 0) is 31.2 Å².